The summed E-state index contributed by atoms with van der Waals surface area (Å²) in [5.41, 5.74) is 0.143. The van der Waals surface area contributed by atoms with Crippen molar-refractivity contribution in [3.05, 3.63) is 65.4 Å². The number of non-ortho nitro benzene ring substituents is 1. The van der Waals surface area contributed by atoms with E-state index in [4.69, 9.17) is 16.3 Å². The van der Waals surface area contributed by atoms with Crippen LogP contribution in [0.4, 0.5) is 5.69 Å². The van der Waals surface area contributed by atoms with Gasteiger partial charge in [0.2, 0.25) is 5.90 Å². The van der Waals surface area contributed by atoms with E-state index in [-0.39, 0.29) is 27.9 Å². The van der Waals surface area contributed by atoms with Gasteiger partial charge in [-0.3, -0.25) is 10.1 Å². The summed E-state index contributed by atoms with van der Waals surface area (Å²) in [7, 11) is 0. The lowest BCUT2D eigenvalue weighted by Crippen LogP contribution is -2.06. The van der Waals surface area contributed by atoms with Gasteiger partial charge in [0.15, 0.2) is 5.70 Å². The van der Waals surface area contributed by atoms with Gasteiger partial charge in [0.05, 0.1) is 19.3 Å². The monoisotopic (exact) mass is 412 g/mol. The number of nitro groups is 1. The highest BCUT2D eigenvalue weighted by atomic mass is 79.9. The zero-order valence-electron chi connectivity index (χ0n) is 11.2. The molecule has 1 aliphatic heterocycles. The maximum absolute atomic E-state index is 11.9. The van der Waals surface area contributed by atoms with Crippen molar-refractivity contribution in [3.8, 4) is 0 Å². The third-order valence-corrected chi connectivity index (χ3v) is 4.78. The summed E-state index contributed by atoms with van der Waals surface area (Å²) in [6.07, 6.45) is 1.58. The van der Waals surface area contributed by atoms with Crippen molar-refractivity contribution in [2.24, 2.45) is 4.99 Å². The third kappa shape index (κ3) is 3.34. The Hall–Kier alpha value is -2.03. The average Bonchev–Trinajstić information content (AvgIpc) is 3.06. The molecular weight excluding hydrogens is 408 g/mol. The SMILES string of the molecule is O=C1OC(c2cc([N+](=O)[O-])ccc2Cl)=N/C1=C\c1ccc(Br)s1. The molecule has 0 aliphatic carbocycles. The lowest BCUT2D eigenvalue weighted by atomic mass is 10.2. The molecule has 0 bridgehead atoms. The highest BCUT2D eigenvalue weighted by molar-refractivity contribution is 9.11. The van der Waals surface area contributed by atoms with E-state index >= 15 is 0 Å². The molecule has 1 aromatic heterocycles. The minimum atomic E-state index is -0.632. The molecule has 23 heavy (non-hydrogen) atoms. The summed E-state index contributed by atoms with van der Waals surface area (Å²) in [6.45, 7) is 0. The zero-order valence-corrected chi connectivity index (χ0v) is 14.3. The fourth-order valence-electron chi connectivity index (χ4n) is 1.86. The number of benzene rings is 1. The van der Waals surface area contributed by atoms with E-state index in [1.165, 1.54) is 29.5 Å². The molecule has 0 radical (unpaired) electrons. The van der Waals surface area contributed by atoms with Crippen molar-refractivity contribution in [1.29, 1.82) is 0 Å². The zero-order chi connectivity index (χ0) is 16.6. The van der Waals surface area contributed by atoms with Gasteiger partial charge >= 0.3 is 5.97 Å². The molecule has 0 amide bonds. The molecule has 6 nitrogen and oxygen atoms in total. The van der Waals surface area contributed by atoms with Crippen LogP contribution in [0.2, 0.25) is 5.02 Å². The number of nitro benzene ring substituents is 1. The summed E-state index contributed by atoms with van der Waals surface area (Å²) in [4.78, 5) is 27.1. The van der Waals surface area contributed by atoms with Crippen molar-refractivity contribution in [2.75, 3.05) is 0 Å². The van der Waals surface area contributed by atoms with Gasteiger partial charge in [-0.05, 0) is 40.2 Å². The molecule has 1 aliphatic rings. The van der Waals surface area contributed by atoms with Crippen LogP contribution in [-0.4, -0.2) is 16.8 Å². The number of rotatable bonds is 3. The van der Waals surface area contributed by atoms with Gasteiger partial charge < -0.3 is 4.74 Å². The highest BCUT2D eigenvalue weighted by Crippen LogP contribution is 2.29. The molecule has 0 saturated heterocycles. The molecule has 0 saturated carbocycles. The number of carbonyl (C=O) groups excluding carboxylic acids is 1. The molecule has 0 N–H and O–H groups in total. The Labute approximate surface area is 147 Å². The molecule has 0 fully saturated rings. The van der Waals surface area contributed by atoms with E-state index in [9.17, 15) is 14.9 Å². The number of nitrogens with zero attached hydrogens (tertiary/aromatic N) is 2. The van der Waals surface area contributed by atoms with Gasteiger partial charge in [0.25, 0.3) is 5.69 Å². The van der Waals surface area contributed by atoms with Gasteiger partial charge in [-0.1, -0.05) is 11.6 Å². The van der Waals surface area contributed by atoms with E-state index in [0.29, 0.717) is 0 Å². The van der Waals surface area contributed by atoms with E-state index in [1.807, 2.05) is 12.1 Å². The maximum atomic E-state index is 11.9. The van der Waals surface area contributed by atoms with E-state index < -0.39 is 10.9 Å². The first-order valence-corrected chi connectivity index (χ1v) is 8.15. The second kappa shape index (κ2) is 6.23. The maximum Gasteiger partial charge on any atom is 0.363 e. The van der Waals surface area contributed by atoms with Crippen molar-refractivity contribution in [3.63, 3.8) is 0 Å². The summed E-state index contributed by atoms with van der Waals surface area (Å²) in [6, 6.07) is 7.52. The highest BCUT2D eigenvalue weighted by Gasteiger charge is 2.27. The first-order valence-electron chi connectivity index (χ1n) is 6.16. The first kappa shape index (κ1) is 15.9. The van der Waals surface area contributed by atoms with Crippen LogP contribution >= 0.6 is 38.9 Å². The Balaban J connectivity index is 2.00. The second-order valence-electron chi connectivity index (χ2n) is 4.40. The smallest absolute Gasteiger partial charge is 0.363 e. The number of halogens is 2. The predicted molar refractivity (Wildman–Crippen MR) is 90.7 cm³/mol. The molecular formula is C14H6BrClN2O4S. The van der Waals surface area contributed by atoms with Crippen LogP contribution in [0, 0.1) is 10.1 Å². The first-order chi connectivity index (χ1) is 10.9. The van der Waals surface area contributed by atoms with Crippen molar-refractivity contribution >= 4 is 62.5 Å². The molecule has 0 unspecified atom stereocenters. The number of hydrogen-bond donors (Lipinski definition) is 0. The van der Waals surface area contributed by atoms with Crippen LogP contribution in [0.3, 0.4) is 0 Å². The molecule has 0 atom stereocenters. The Morgan fingerprint density at radius 3 is 2.78 bits per heavy atom. The van der Waals surface area contributed by atoms with E-state index in [1.54, 1.807) is 6.08 Å². The Kier molecular flexibility index (Phi) is 4.29. The fourth-order valence-corrected chi connectivity index (χ4v) is 3.41. The molecule has 2 heterocycles. The van der Waals surface area contributed by atoms with Crippen molar-refractivity contribution < 1.29 is 14.5 Å². The molecule has 116 valence electrons. The van der Waals surface area contributed by atoms with Gasteiger partial charge in [-0.25, -0.2) is 9.79 Å². The summed E-state index contributed by atoms with van der Waals surface area (Å²) in [5.74, 6) is -0.683. The summed E-state index contributed by atoms with van der Waals surface area (Å²) in [5, 5.41) is 11.1. The predicted octanol–water partition coefficient (Wildman–Crippen LogP) is 4.42. The van der Waals surface area contributed by atoms with Crippen LogP contribution < -0.4 is 0 Å². The van der Waals surface area contributed by atoms with Gasteiger partial charge in [-0.15, -0.1) is 11.3 Å². The van der Waals surface area contributed by atoms with E-state index in [0.717, 1.165) is 8.66 Å². The molecule has 2 aromatic rings. The minimum absolute atomic E-state index is 0.0504. The van der Waals surface area contributed by atoms with Crippen LogP contribution in [-0.2, 0) is 9.53 Å². The summed E-state index contributed by atoms with van der Waals surface area (Å²) < 4.78 is 6.00. The topological polar surface area (TPSA) is 81.8 Å². The Bertz CT molecular complexity index is 891. The normalized spacial score (nSPS) is 15.7. The number of thiophene rings is 1. The third-order valence-electron chi connectivity index (χ3n) is 2.88. The van der Waals surface area contributed by atoms with Gasteiger partial charge in [-0.2, -0.15) is 0 Å². The van der Waals surface area contributed by atoms with Crippen LogP contribution in [0.25, 0.3) is 6.08 Å². The number of carbonyl (C=O) groups is 1. The lowest BCUT2D eigenvalue weighted by Gasteiger charge is -2.02. The van der Waals surface area contributed by atoms with Crippen LogP contribution in [0.15, 0.2) is 44.8 Å². The molecule has 9 heteroatoms. The van der Waals surface area contributed by atoms with Gasteiger partial charge in [0, 0.05) is 17.0 Å². The summed E-state index contributed by atoms with van der Waals surface area (Å²) >= 11 is 10.8. The number of esters is 1. The van der Waals surface area contributed by atoms with Crippen molar-refractivity contribution in [1.82, 2.24) is 0 Å². The minimum Gasteiger partial charge on any atom is -0.402 e. The van der Waals surface area contributed by atoms with Gasteiger partial charge in [0.1, 0.15) is 0 Å². The van der Waals surface area contributed by atoms with Crippen molar-refractivity contribution in [2.45, 2.75) is 0 Å². The fraction of sp³-hybridized carbons (Fsp3) is 0. The molecule has 3 rings (SSSR count). The quantitative estimate of drug-likeness (QED) is 0.323. The largest absolute Gasteiger partial charge is 0.402 e. The average molecular weight is 414 g/mol. The van der Waals surface area contributed by atoms with E-state index in [2.05, 4.69) is 20.9 Å². The standard InChI is InChI=1S/C14H6BrClN2O4S/c15-12-4-2-8(23-12)6-11-14(19)22-13(17-11)9-5-7(18(20)21)1-3-10(9)16/h1-6H/b11-6-. The second-order valence-corrected chi connectivity index (χ2v) is 7.30. The lowest BCUT2D eigenvalue weighted by molar-refractivity contribution is -0.384. The molecule has 1 aromatic carbocycles. The number of hydrogen-bond acceptors (Lipinski definition) is 6. The van der Waals surface area contributed by atoms with Crippen LogP contribution in [0.5, 0.6) is 0 Å². The van der Waals surface area contributed by atoms with Crippen LogP contribution in [0.1, 0.15) is 10.4 Å². The Morgan fingerprint density at radius 2 is 2.13 bits per heavy atom. The number of cyclic esters (lactones) is 1. The number of aliphatic imine (C=N–C) groups is 1. The number of ether oxygens (including phenoxy) is 1. The molecule has 0 spiro atoms. The Morgan fingerprint density at radius 1 is 1.35 bits per heavy atom.